The van der Waals surface area contributed by atoms with Crippen molar-refractivity contribution in [3.05, 3.63) is 58.6 Å². The van der Waals surface area contributed by atoms with E-state index in [1.165, 1.54) is 0 Å². The predicted octanol–water partition coefficient (Wildman–Crippen LogP) is 6.14. The van der Waals surface area contributed by atoms with Gasteiger partial charge in [0.2, 0.25) is 0 Å². The highest BCUT2D eigenvalue weighted by atomic mass is 35.5. The zero-order valence-electron chi connectivity index (χ0n) is 15.8. The van der Waals surface area contributed by atoms with Gasteiger partial charge in [-0.25, -0.2) is 4.79 Å². The molecule has 1 aliphatic heterocycles. The summed E-state index contributed by atoms with van der Waals surface area (Å²) in [5.41, 5.74) is 1.50. The number of hydrogen-bond donors (Lipinski definition) is 0. The number of carbonyl (C=O) groups excluding carboxylic acids is 1. The summed E-state index contributed by atoms with van der Waals surface area (Å²) in [7, 11) is 0. The van der Waals surface area contributed by atoms with Gasteiger partial charge in [-0.15, -0.1) is 0 Å². The molecule has 0 radical (unpaired) electrons. The Labute approximate surface area is 170 Å². The fourth-order valence-corrected chi connectivity index (χ4v) is 3.53. The van der Waals surface area contributed by atoms with E-state index in [2.05, 4.69) is 17.0 Å². The molecule has 6 heteroatoms. The van der Waals surface area contributed by atoms with Crippen LogP contribution >= 0.6 is 23.2 Å². The van der Waals surface area contributed by atoms with Crippen LogP contribution in [-0.4, -0.2) is 35.7 Å². The Kier molecular flexibility index (Phi) is 5.87. The van der Waals surface area contributed by atoms with E-state index < -0.39 is 5.60 Å². The standard InChI is InChI=1S/C21H24Cl2N2O2/c1-21(2,3)27-20(26)24-12-11-17(14-24)25(15-7-5-4-6-8-15)16-9-10-18(22)19(23)13-16/h4-10,13,17H,11-12,14H2,1-3H3. The van der Waals surface area contributed by atoms with Crippen molar-refractivity contribution in [3.8, 4) is 0 Å². The van der Waals surface area contributed by atoms with Crippen molar-refractivity contribution >= 4 is 40.7 Å². The van der Waals surface area contributed by atoms with E-state index in [-0.39, 0.29) is 12.1 Å². The Hall–Kier alpha value is -1.91. The molecule has 1 unspecified atom stereocenters. The van der Waals surface area contributed by atoms with Crippen LogP contribution < -0.4 is 4.90 Å². The molecule has 3 rings (SSSR count). The first-order valence-electron chi connectivity index (χ1n) is 9.02. The largest absolute Gasteiger partial charge is 0.444 e. The Morgan fingerprint density at radius 1 is 1.07 bits per heavy atom. The highest BCUT2D eigenvalue weighted by Crippen LogP contribution is 2.35. The number of benzene rings is 2. The highest BCUT2D eigenvalue weighted by Gasteiger charge is 2.33. The minimum Gasteiger partial charge on any atom is -0.444 e. The number of anilines is 2. The van der Waals surface area contributed by atoms with Crippen molar-refractivity contribution in [2.24, 2.45) is 0 Å². The average molecular weight is 407 g/mol. The maximum absolute atomic E-state index is 12.4. The zero-order chi connectivity index (χ0) is 19.6. The van der Waals surface area contributed by atoms with Gasteiger partial charge in [0.25, 0.3) is 0 Å². The summed E-state index contributed by atoms with van der Waals surface area (Å²) >= 11 is 12.4. The number of rotatable bonds is 3. The molecule has 0 aliphatic carbocycles. The Morgan fingerprint density at radius 3 is 2.41 bits per heavy atom. The highest BCUT2D eigenvalue weighted by molar-refractivity contribution is 6.42. The van der Waals surface area contributed by atoms with Gasteiger partial charge in [0.1, 0.15) is 5.60 Å². The lowest BCUT2D eigenvalue weighted by Gasteiger charge is -2.32. The normalized spacial score (nSPS) is 17.1. The van der Waals surface area contributed by atoms with Crippen LogP contribution in [0.1, 0.15) is 27.2 Å². The second kappa shape index (κ2) is 7.99. The Balaban J connectivity index is 1.86. The molecule has 2 aromatic rings. The second-order valence-corrected chi connectivity index (χ2v) is 8.49. The van der Waals surface area contributed by atoms with Crippen molar-refractivity contribution in [3.63, 3.8) is 0 Å². The maximum atomic E-state index is 12.4. The molecule has 0 spiro atoms. The quantitative estimate of drug-likeness (QED) is 0.613. The van der Waals surface area contributed by atoms with Crippen LogP contribution in [0.2, 0.25) is 10.0 Å². The summed E-state index contributed by atoms with van der Waals surface area (Å²) in [6, 6.07) is 15.8. The summed E-state index contributed by atoms with van der Waals surface area (Å²) < 4.78 is 5.53. The number of para-hydroxylation sites is 1. The van der Waals surface area contributed by atoms with Crippen molar-refractivity contribution in [2.45, 2.75) is 38.8 Å². The van der Waals surface area contributed by atoms with Crippen molar-refractivity contribution in [2.75, 3.05) is 18.0 Å². The third kappa shape index (κ3) is 4.88. The predicted molar refractivity (Wildman–Crippen MR) is 111 cm³/mol. The molecule has 0 N–H and O–H groups in total. The molecule has 27 heavy (non-hydrogen) atoms. The van der Waals surface area contributed by atoms with Crippen LogP contribution in [0.3, 0.4) is 0 Å². The molecule has 144 valence electrons. The number of amides is 1. The van der Waals surface area contributed by atoms with Gasteiger partial charge in [0, 0.05) is 24.5 Å². The fourth-order valence-electron chi connectivity index (χ4n) is 3.24. The van der Waals surface area contributed by atoms with E-state index in [0.717, 1.165) is 17.8 Å². The van der Waals surface area contributed by atoms with E-state index >= 15 is 0 Å². The Morgan fingerprint density at radius 2 is 1.78 bits per heavy atom. The van der Waals surface area contributed by atoms with E-state index in [1.807, 2.05) is 51.1 Å². The molecule has 0 saturated carbocycles. The van der Waals surface area contributed by atoms with Crippen molar-refractivity contribution in [1.82, 2.24) is 4.90 Å². The van der Waals surface area contributed by atoms with Gasteiger partial charge < -0.3 is 14.5 Å². The molecule has 1 fully saturated rings. The molecule has 2 aromatic carbocycles. The van der Waals surface area contributed by atoms with Gasteiger partial charge >= 0.3 is 6.09 Å². The third-order valence-corrected chi connectivity index (χ3v) is 5.13. The van der Waals surface area contributed by atoms with E-state index in [1.54, 1.807) is 11.0 Å². The third-order valence-electron chi connectivity index (χ3n) is 4.40. The molecular weight excluding hydrogens is 383 g/mol. The molecule has 1 aliphatic rings. The zero-order valence-corrected chi connectivity index (χ0v) is 17.3. The lowest BCUT2D eigenvalue weighted by molar-refractivity contribution is 0.0293. The fraction of sp³-hybridized carbons (Fsp3) is 0.381. The smallest absolute Gasteiger partial charge is 0.410 e. The number of hydrogen-bond acceptors (Lipinski definition) is 3. The van der Waals surface area contributed by atoms with Crippen molar-refractivity contribution < 1.29 is 9.53 Å². The number of nitrogens with zero attached hydrogens (tertiary/aromatic N) is 2. The minimum absolute atomic E-state index is 0.122. The molecule has 0 bridgehead atoms. The maximum Gasteiger partial charge on any atom is 0.410 e. The SMILES string of the molecule is CC(C)(C)OC(=O)N1CCC(N(c2ccccc2)c2ccc(Cl)c(Cl)c2)C1. The topological polar surface area (TPSA) is 32.8 Å². The summed E-state index contributed by atoms with van der Waals surface area (Å²) in [5.74, 6) is 0. The second-order valence-electron chi connectivity index (χ2n) is 7.67. The molecule has 0 aromatic heterocycles. The van der Waals surface area contributed by atoms with Crippen LogP contribution in [0.15, 0.2) is 48.5 Å². The summed E-state index contributed by atoms with van der Waals surface area (Å²) in [6.07, 6.45) is 0.570. The van der Waals surface area contributed by atoms with Crippen LogP contribution in [0, 0.1) is 0 Å². The molecule has 1 heterocycles. The van der Waals surface area contributed by atoms with Gasteiger partial charge in [-0.2, -0.15) is 0 Å². The molecular formula is C21H24Cl2N2O2. The lowest BCUT2D eigenvalue weighted by atomic mass is 10.1. The minimum atomic E-state index is -0.502. The lowest BCUT2D eigenvalue weighted by Crippen LogP contribution is -2.38. The average Bonchev–Trinajstić information content (AvgIpc) is 3.08. The molecule has 1 saturated heterocycles. The van der Waals surface area contributed by atoms with Crippen LogP contribution in [0.4, 0.5) is 16.2 Å². The van der Waals surface area contributed by atoms with E-state index in [9.17, 15) is 4.79 Å². The van der Waals surface area contributed by atoms with E-state index in [0.29, 0.717) is 23.1 Å². The van der Waals surface area contributed by atoms with Crippen LogP contribution in [0.5, 0.6) is 0 Å². The summed E-state index contributed by atoms with van der Waals surface area (Å²) in [5, 5.41) is 1.03. The van der Waals surface area contributed by atoms with Crippen LogP contribution in [0.25, 0.3) is 0 Å². The number of carbonyl (C=O) groups is 1. The number of ether oxygens (including phenoxy) is 1. The van der Waals surface area contributed by atoms with Gasteiger partial charge in [0.15, 0.2) is 0 Å². The van der Waals surface area contributed by atoms with Gasteiger partial charge in [-0.05, 0) is 57.5 Å². The van der Waals surface area contributed by atoms with Gasteiger partial charge in [-0.3, -0.25) is 0 Å². The molecule has 1 atom stereocenters. The number of halogens is 2. The molecule has 4 nitrogen and oxygen atoms in total. The first-order chi connectivity index (χ1) is 12.7. The first-order valence-corrected chi connectivity index (χ1v) is 9.77. The van der Waals surface area contributed by atoms with E-state index in [4.69, 9.17) is 27.9 Å². The number of likely N-dealkylation sites (tertiary alicyclic amines) is 1. The summed E-state index contributed by atoms with van der Waals surface area (Å²) in [6.45, 7) is 6.88. The first kappa shape index (κ1) is 19.8. The van der Waals surface area contributed by atoms with Gasteiger partial charge in [0.05, 0.1) is 16.1 Å². The summed E-state index contributed by atoms with van der Waals surface area (Å²) in [4.78, 5) is 16.4. The van der Waals surface area contributed by atoms with Crippen LogP contribution in [-0.2, 0) is 4.74 Å². The van der Waals surface area contributed by atoms with Gasteiger partial charge in [-0.1, -0.05) is 41.4 Å². The molecule has 1 amide bonds. The Bertz CT molecular complexity index is 806. The van der Waals surface area contributed by atoms with Crippen molar-refractivity contribution in [1.29, 1.82) is 0 Å². The monoisotopic (exact) mass is 406 g/mol.